The first-order valence-corrected chi connectivity index (χ1v) is 12.4. The minimum absolute atomic E-state index is 0.0189. The average Bonchev–Trinajstić information content (AvgIpc) is 2.93. The monoisotopic (exact) mass is 467 g/mol. The molecule has 0 amide bonds. The number of hydrogen-bond donors (Lipinski definition) is 2. The van der Waals surface area contributed by atoms with Crippen LogP contribution in [0.2, 0.25) is 0 Å². The predicted molar refractivity (Wildman–Crippen MR) is 142 cm³/mol. The Kier molecular flexibility index (Phi) is 6.98. The number of para-hydroxylation sites is 1. The molecule has 0 aromatic heterocycles. The van der Waals surface area contributed by atoms with Gasteiger partial charge < -0.3 is 20.0 Å². The smallest absolute Gasteiger partial charge is 0.105 e. The van der Waals surface area contributed by atoms with E-state index in [-0.39, 0.29) is 19.1 Å². The Labute approximate surface area is 207 Å². The zero-order chi connectivity index (χ0) is 24.2. The van der Waals surface area contributed by atoms with Crippen LogP contribution in [0.4, 0.5) is 5.69 Å². The molecule has 35 heavy (non-hydrogen) atoms. The predicted octanol–water partition coefficient (Wildman–Crippen LogP) is 4.81. The lowest BCUT2D eigenvalue weighted by Crippen LogP contribution is -2.49. The van der Waals surface area contributed by atoms with Gasteiger partial charge in [-0.2, -0.15) is 0 Å². The van der Waals surface area contributed by atoms with Gasteiger partial charge in [0.25, 0.3) is 0 Å². The first-order valence-electron chi connectivity index (χ1n) is 12.4. The summed E-state index contributed by atoms with van der Waals surface area (Å²) in [5.41, 5.74) is 7.61. The molecule has 5 nitrogen and oxygen atoms in total. The highest BCUT2D eigenvalue weighted by Gasteiger charge is 2.30. The van der Waals surface area contributed by atoms with Gasteiger partial charge in [-0.1, -0.05) is 60.7 Å². The number of hydrogen-bond acceptors (Lipinski definition) is 5. The first kappa shape index (κ1) is 23.3. The van der Waals surface area contributed by atoms with E-state index in [9.17, 15) is 10.2 Å². The van der Waals surface area contributed by atoms with Crippen LogP contribution >= 0.6 is 0 Å². The van der Waals surface area contributed by atoms with Crippen molar-refractivity contribution < 1.29 is 10.2 Å². The zero-order valence-corrected chi connectivity index (χ0v) is 20.3. The molecule has 2 aliphatic rings. The van der Waals surface area contributed by atoms with Crippen molar-refractivity contribution in [3.63, 3.8) is 0 Å². The van der Waals surface area contributed by atoms with E-state index in [1.165, 1.54) is 16.8 Å². The van der Waals surface area contributed by atoms with Gasteiger partial charge in [-0.15, -0.1) is 0 Å². The van der Waals surface area contributed by atoms with Crippen LogP contribution in [0.15, 0.2) is 89.6 Å². The van der Waals surface area contributed by atoms with Crippen molar-refractivity contribution >= 4 is 17.1 Å². The minimum Gasteiger partial charge on any atom is -0.392 e. The van der Waals surface area contributed by atoms with E-state index in [1.807, 2.05) is 24.3 Å². The molecular weight excluding hydrogens is 434 g/mol. The fraction of sp³-hybridized carbons (Fsp3) is 0.300. The van der Waals surface area contributed by atoms with Crippen LogP contribution in [0.3, 0.4) is 0 Å². The number of allylic oxidation sites excluding steroid dienone is 2. The molecule has 5 heteroatoms. The molecule has 2 N–H and O–H groups in total. The van der Waals surface area contributed by atoms with Crippen molar-refractivity contribution in [1.29, 1.82) is 0 Å². The third-order valence-electron chi connectivity index (χ3n) is 7.14. The molecule has 180 valence electrons. The van der Waals surface area contributed by atoms with Crippen molar-refractivity contribution in [3.05, 3.63) is 107 Å². The second-order valence-corrected chi connectivity index (χ2v) is 9.36. The van der Waals surface area contributed by atoms with Crippen molar-refractivity contribution in [2.24, 2.45) is 4.99 Å². The number of amidine groups is 1. The maximum atomic E-state index is 9.76. The minimum atomic E-state index is 0.0189. The van der Waals surface area contributed by atoms with Gasteiger partial charge in [0.15, 0.2) is 0 Å². The van der Waals surface area contributed by atoms with Gasteiger partial charge >= 0.3 is 0 Å². The van der Waals surface area contributed by atoms with Gasteiger partial charge in [-0.3, -0.25) is 0 Å². The number of aliphatic imine (C=N–C) groups is 1. The largest absolute Gasteiger partial charge is 0.392 e. The van der Waals surface area contributed by atoms with Gasteiger partial charge in [0.1, 0.15) is 5.84 Å². The molecule has 0 bridgehead atoms. The van der Waals surface area contributed by atoms with Crippen LogP contribution in [0.25, 0.3) is 5.57 Å². The average molecular weight is 468 g/mol. The van der Waals surface area contributed by atoms with Crippen molar-refractivity contribution in [1.82, 2.24) is 4.90 Å². The van der Waals surface area contributed by atoms with Gasteiger partial charge in [-0.05, 0) is 52.9 Å². The summed E-state index contributed by atoms with van der Waals surface area (Å²) in [6.07, 6.45) is 0.816. The summed E-state index contributed by atoms with van der Waals surface area (Å²) in [5.74, 6) is 1.27. The molecule has 0 saturated carbocycles. The normalized spacial score (nSPS) is 18.6. The maximum Gasteiger partial charge on any atom is 0.105 e. The number of aliphatic hydroxyl groups is 2. The van der Waals surface area contributed by atoms with Crippen molar-refractivity contribution in [2.75, 3.05) is 31.1 Å². The lowest BCUT2D eigenvalue weighted by molar-refractivity contribution is 0.281. The number of rotatable bonds is 5. The SMILES string of the molecule is CC1=C(c2cccc(CO)c2)C(c2cccc(CO)c2)CC(N2CCN(c3ccccc3)CC2)=N1. The second-order valence-electron chi connectivity index (χ2n) is 9.36. The summed E-state index contributed by atoms with van der Waals surface area (Å²) in [4.78, 5) is 10.0. The van der Waals surface area contributed by atoms with E-state index < -0.39 is 0 Å². The Bertz CT molecular complexity index is 1230. The number of nitrogens with zero attached hydrogens (tertiary/aromatic N) is 3. The molecule has 0 aliphatic carbocycles. The zero-order valence-electron chi connectivity index (χ0n) is 20.3. The van der Waals surface area contributed by atoms with E-state index in [0.717, 1.165) is 60.8 Å². The molecule has 1 atom stereocenters. The molecular formula is C30H33N3O2. The summed E-state index contributed by atoms with van der Waals surface area (Å²) in [6.45, 7) is 5.98. The van der Waals surface area contributed by atoms with Gasteiger partial charge in [-0.25, -0.2) is 4.99 Å². The van der Waals surface area contributed by atoms with Crippen LogP contribution in [-0.4, -0.2) is 47.1 Å². The fourth-order valence-corrected chi connectivity index (χ4v) is 5.34. The molecule has 1 unspecified atom stereocenters. The third kappa shape index (κ3) is 5.02. The summed E-state index contributed by atoms with van der Waals surface area (Å²) in [5, 5.41) is 19.5. The lowest BCUT2D eigenvalue weighted by Gasteiger charge is -2.40. The highest BCUT2D eigenvalue weighted by Crippen LogP contribution is 2.41. The molecule has 5 rings (SSSR count). The number of benzene rings is 3. The first-order chi connectivity index (χ1) is 17.2. The van der Waals surface area contributed by atoms with E-state index in [2.05, 4.69) is 71.3 Å². The van der Waals surface area contributed by atoms with Gasteiger partial charge in [0, 0.05) is 49.9 Å². The molecule has 3 aromatic carbocycles. The summed E-state index contributed by atoms with van der Waals surface area (Å²) in [7, 11) is 0. The Balaban J connectivity index is 1.46. The Morgan fingerprint density at radius 1 is 0.771 bits per heavy atom. The maximum absolute atomic E-state index is 9.76. The van der Waals surface area contributed by atoms with E-state index in [1.54, 1.807) is 0 Å². The van der Waals surface area contributed by atoms with E-state index >= 15 is 0 Å². The van der Waals surface area contributed by atoms with Crippen LogP contribution in [0.1, 0.15) is 41.5 Å². The van der Waals surface area contributed by atoms with Gasteiger partial charge in [0.2, 0.25) is 0 Å². The standard InChI is InChI=1S/C30H33N3O2/c1-22-30(26-10-6-8-24(18-26)21-35)28(25-9-5-7-23(17-25)20-34)19-29(31-22)33-15-13-32(14-16-33)27-11-3-2-4-12-27/h2-12,17-18,28,34-35H,13-16,19-21H2,1H3. The quantitative estimate of drug-likeness (QED) is 0.565. The van der Waals surface area contributed by atoms with Crippen LogP contribution < -0.4 is 4.90 Å². The Morgan fingerprint density at radius 3 is 2.14 bits per heavy atom. The number of anilines is 1. The second kappa shape index (κ2) is 10.5. The molecule has 3 aromatic rings. The molecule has 1 saturated heterocycles. The highest BCUT2D eigenvalue weighted by molar-refractivity contribution is 5.92. The molecule has 2 heterocycles. The summed E-state index contributed by atoms with van der Waals surface area (Å²) in [6, 6.07) is 27.0. The third-order valence-corrected chi connectivity index (χ3v) is 7.14. The van der Waals surface area contributed by atoms with E-state index in [0.29, 0.717) is 0 Å². The van der Waals surface area contributed by atoms with Crippen molar-refractivity contribution in [2.45, 2.75) is 32.5 Å². The Morgan fingerprint density at radius 2 is 1.43 bits per heavy atom. The topological polar surface area (TPSA) is 59.3 Å². The van der Waals surface area contributed by atoms with Crippen LogP contribution in [0.5, 0.6) is 0 Å². The number of aliphatic hydroxyl groups excluding tert-OH is 2. The van der Waals surface area contributed by atoms with Crippen molar-refractivity contribution in [3.8, 4) is 0 Å². The molecule has 1 fully saturated rings. The summed E-state index contributed by atoms with van der Waals surface area (Å²) < 4.78 is 0. The van der Waals surface area contributed by atoms with Crippen LogP contribution in [-0.2, 0) is 13.2 Å². The molecule has 0 spiro atoms. The summed E-state index contributed by atoms with van der Waals surface area (Å²) >= 11 is 0. The number of piperazine rings is 1. The van der Waals surface area contributed by atoms with E-state index in [4.69, 9.17) is 4.99 Å². The highest BCUT2D eigenvalue weighted by atomic mass is 16.3. The molecule has 2 aliphatic heterocycles. The lowest BCUT2D eigenvalue weighted by atomic mass is 9.80. The van der Waals surface area contributed by atoms with Gasteiger partial charge in [0.05, 0.1) is 13.2 Å². The molecule has 0 radical (unpaired) electrons. The fourth-order valence-electron chi connectivity index (χ4n) is 5.34. The van der Waals surface area contributed by atoms with Crippen LogP contribution in [0, 0.1) is 0 Å². The Hall–Kier alpha value is -3.41.